The Morgan fingerprint density at radius 1 is 0.920 bits per heavy atom. The van der Waals surface area contributed by atoms with E-state index in [1.807, 2.05) is 19.9 Å². The van der Waals surface area contributed by atoms with Gasteiger partial charge in [-0.1, -0.05) is 78.7 Å². The molecule has 0 amide bonds. The molecule has 0 heterocycles. The Morgan fingerprint density at radius 3 is 2.00 bits per heavy atom. The van der Waals surface area contributed by atoms with Crippen LogP contribution in [0.15, 0.2) is 12.1 Å². The molecule has 0 saturated heterocycles. The second-order valence-electron chi connectivity index (χ2n) is 7.95. The van der Waals surface area contributed by atoms with Crippen LogP contribution in [0.3, 0.4) is 0 Å². The average Bonchev–Trinajstić information content (AvgIpc) is 2.53. The number of phenols is 1. The Labute approximate surface area is 153 Å². The third kappa shape index (κ3) is 7.94. The number of unbranched alkanes of at least 4 members (excludes halogenated alkanes) is 6. The molecule has 142 valence electrons. The van der Waals surface area contributed by atoms with Crippen LogP contribution in [-0.2, 0) is 6.42 Å². The summed E-state index contributed by atoms with van der Waals surface area (Å²) in [4.78, 5) is 11.3. The van der Waals surface area contributed by atoms with Crippen LogP contribution in [0, 0.1) is 5.92 Å². The number of carboxylic acids is 1. The third-order valence-electron chi connectivity index (χ3n) is 4.80. The summed E-state index contributed by atoms with van der Waals surface area (Å²) in [5, 5.41) is 19.4. The minimum atomic E-state index is -1.05. The molecule has 0 fully saturated rings. The minimum Gasteiger partial charge on any atom is -0.507 e. The topological polar surface area (TPSA) is 57.5 Å². The normalized spacial score (nSPS) is 11.4. The molecular formula is C22H36O3. The summed E-state index contributed by atoms with van der Waals surface area (Å²) in [5.74, 6) is -0.198. The van der Waals surface area contributed by atoms with E-state index in [0.29, 0.717) is 0 Å². The maximum atomic E-state index is 11.3. The summed E-state index contributed by atoms with van der Waals surface area (Å²) in [7, 11) is 0. The maximum Gasteiger partial charge on any atom is 0.339 e. The van der Waals surface area contributed by atoms with Crippen molar-refractivity contribution >= 4 is 5.97 Å². The van der Waals surface area contributed by atoms with Crippen LogP contribution in [-0.4, -0.2) is 16.2 Å². The molecule has 0 atom stereocenters. The lowest BCUT2D eigenvalue weighted by Gasteiger charge is -2.13. The van der Waals surface area contributed by atoms with E-state index < -0.39 is 5.97 Å². The number of aryl methyl sites for hydroxylation is 1. The van der Waals surface area contributed by atoms with Crippen LogP contribution >= 0.6 is 0 Å². The number of aromatic hydroxyl groups is 1. The van der Waals surface area contributed by atoms with Gasteiger partial charge in [-0.3, -0.25) is 0 Å². The van der Waals surface area contributed by atoms with Crippen LogP contribution in [0.1, 0.15) is 106 Å². The number of aromatic carboxylic acids is 1. The highest BCUT2D eigenvalue weighted by atomic mass is 16.4. The van der Waals surface area contributed by atoms with Crippen LogP contribution in [0.2, 0.25) is 0 Å². The van der Waals surface area contributed by atoms with Gasteiger partial charge in [-0.05, 0) is 41.9 Å². The summed E-state index contributed by atoms with van der Waals surface area (Å²) in [5.41, 5.74) is 1.79. The Balaban J connectivity index is 2.38. The largest absolute Gasteiger partial charge is 0.507 e. The van der Waals surface area contributed by atoms with Gasteiger partial charge < -0.3 is 10.2 Å². The third-order valence-corrected chi connectivity index (χ3v) is 4.80. The van der Waals surface area contributed by atoms with Gasteiger partial charge in [0.1, 0.15) is 11.3 Å². The molecule has 2 N–H and O–H groups in total. The lowest BCUT2D eigenvalue weighted by Crippen LogP contribution is -2.03. The molecule has 3 nitrogen and oxygen atoms in total. The number of carbonyl (C=O) groups is 1. The van der Waals surface area contributed by atoms with Crippen LogP contribution < -0.4 is 0 Å². The van der Waals surface area contributed by atoms with Crippen molar-refractivity contribution in [3.8, 4) is 5.75 Å². The zero-order valence-electron chi connectivity index (χ0n) is 16.5. The molecular weight excluding hydrogens is 312 g/mol. The van der Waals surface area contributed by atoms with Crippen molar-refractivity contribution in [3.63, 3.8) is 0 Å². The van der Waals surface area contributed by atoms with Crippen molar-refractivity contribution < 1.29 is 15.0 Å². The molecule has 25 heavy (non-hydrogen) atoms. The molecule has 0 aliphatic carbocycles. The summed E-state index contributed by atoms with van der Waals surface area (Å²) in [6.07, 6.45) is 11.0. The summed E-state index contributed by atoms with van der Waals surface area (Å²) < 4.78 is 0. The first kappa shape index (κ1) is 21.5. The van der Waals surface area contributed by atoms with Crippen LogP contribution in [0.25, 0.3) is 0 Å². The first-order valence-corrected chi connectivity index (χ1v) is 9.92. The highest BCUT2D eigenvalue weighted by Crippen LogP contribution is 2.31. The van der Waals surface area contributed by atoms with Crippen molar-refractivity contribution in [2.45, 2.75) is 91.4 Å². The lowest BCUT2D eigenvalue weighted by atomic mass is 9.94. The van der Waals surface area contributed by atoms with Gasteiger partial charge in [0.25, 0.3) is 0 Å². The Bertz CT molecular complexity index is 532. The molecule has 1 rings (SSSR count). The molecule has 1 aromatic carbocycles. The van der Waals surface area contributed by atoms with Crippen LogP contribution in [0.5, 0.6) is 5.75 Å². The fourth-order valence-electron chi connectivity index (χ4n) is 3.23. The standard InChI is InChI=1S/C22H36O3/c1-16(2)12-10-8-6-5-7-9-11-13-18-14-19(17(3)4)21(23)20(15-18)22(24)25/h14-17,23H,5-13H2,1-4H3,(H,24,25). The van der Waals surface area contributed by atoms with Gasteiger partial charge in [0, 0.05) is 0 Å². The smallest absolute Gasteiger partial charge is 0.339 e. The van der Waals surface area contributed by atoms with Crippen molar-refractivity contribution in [3.05, 3.63) is 28.8 Å². The molecule has 0 aliphatic rings. The Morgan fingerprint density at radius 2 is 1.48 bits per heavy atom. The molecule has 0 bridgehead atoms. The van der Waals surface area contributed by atoms with E-state index in [1.54, 1.807) is 6.07 Å². The maximum absolute atomic E-state index is 11.3. The number of hydrogen-bond donors (Lipinski definition) is 2. The monoisotopic (exact) mass is 348 g/mol. The summed E-state index contributed by atoms with van der Waals surface area (Å²) in [6.45, 7) is 8.51. The van der Waals surface area contributed by atoms with Gasteiger partial charge in [0.15, 0.2) is 0 Å². The molecule has 0 spiro atoms. The van der Waals surface area contributed by atoms with E-state index >= 15 is 0 Å². The van der Waals surface area contributed by atoms with Gasteiger partial charge in [0.05, 0.1) is 0 Å². The predicted octanol–water partition coefficient (Wildman–Crippen LogP) is 6.53. The number of hydrogen-bond acceptors (Lipinski definition) is 2. The van der Waals surface area contributed by atoms with Gasteiger partial charge in [-0.25, -0.2) is 4.79 Å². The molecule has 0 saturated carbocycles. The Kier molecular flexibility index (Phi) is 9.62. The van der Waals surface area contributed by atoms with E-state index in [4.69, 9.17) is 0 Å². The van der Waals surface area contributed by atoms with E-state index in [2.05, 4.69) is 13.8 Å². The number of carboxylic acid groups (broad SMARTS) is 1. The van der Waals surface area contributed by atoms with Gasteiger partial charge in [0.2, 0.25) is 0 Å². The predicted molar refractivity (Wildman–Crippen MR) is 105 cm³/mol. The minimum absolute atomic E-state index is 0.0337. The molecule has 0 aromatic heterocycles. The fourth-order valence-corrected chi connectivity index (χ4v) is 3.23. The molecule has 0 aliphatic heterocycles. The van der Waals surface area contributed by atoms with Crippen molar-refractivity contribution in [2.75, 3.05) is 0 Å². The van der Waals surface area contributed by atoms with Crippen molar-refractivity contribution in [2.24, 2.45) is 5.92 Å². The fraction of sp³-hybridized carbons (Fsp3) is 0.682. The average molecular weight is 349 g/mol. The highest BCUT2D eigenvalue weighted by Gasteiger charge is 2.17. The van der Waals surface area contributed by atoms with Crippen LogP contribution in [0.4, 0.5) is 0 Å². The van der Waals surface area contributed by atoms with E-state index in [-0.39, 0.29) is 17.2 Å². The zero-order valence-corrected chi connectivity index (χ0v) is 16.5. The van der Waals surface area contributed by atoms with E-state index in [0.717, 1.165) is 29.9 Å². The van der Waals surface area contributed by atoms with E-state index in [9.17, 15) is 15.0 Å². The van der Waals surface area contributed by atoms with Crippen molar-refractivity contribution in [1.29, 1.82) is 0 Å². The number of benzene rings is 1. The number of rotatable bonds is 12. The Hall–Kier alpha value is -1.51. The quantitative estimate of drug-likeness (QED) is 0.422. The molecule has 3 heteroatoms. The first-order valence-electron chi connectivity index (χ1n) is 9.92. The van der Waals surface area contributed by atoms with Gasteiger partial charge in [-0.15, -0.1) is 0 Å². The second-order valence-corrected chi connectivity index (χ2v) is 7.95. The highest BCUT2D eigenvalue weighted by molar-refractivity contribution is 5.91. The molecule has 0 radical (unpaired) electrons. The van der Waals surface area contributed by atoms with Gasteiger partial charge in [-0.2, -0.15) is 0 Å². The second kappa shape index (κ2) is 11.2. The summed E-state index contributed by atoms with van der Waals surface area (Å²) >= 11 is 0. The zero-order chi connectivity index (χ0) is 18.8. The molecule has 1 aromatic rings. The van der Waals surface area contributed by atoms with E-state index in [1.165, 1.54) is 44.9 Å². The van der Waals surface area contributed by atoms with Gasteiger partial charge >= 0.3 is 5.97 Å². The summed E-state index contributed by atoms with van der Waals surface area (Å²) in [6, 6.07) is 3.60. The van der Waals surface area contributed by atoms with Crippen molar-refractivity contribution in [1.82, 2.24) is 0 Å². The lowest BCUT2D eigenvalue weighted by molar-refractivity contribution is 0.0693. The molecule has 0 unspecified atom stereocenters. The first-order chi connectivity index (χ1) is 11.8. The SMILES string of the molecule is CC(C)CCCCCCCCCc1cc(C(=O)O)c(O)c(C(C)C)c1.